The third-order valence-corrected chi connectivity index (χ3v) is 4.29. The van der Waals surface area contributed by atoms with Crippen molar-refractivity contribution in [2.45, 2.75) is 32.9 Å². The van der Waals surface area contributed by atoms with Gasteiger partial charge in [0.2, 0.25) is 0 Å². The van der Waals surface area contributed by atoms with Gasteiger partial charge in [0, 0.05) is 5.69 Å². The molecule has 0 aliphatic rings. The molecule has 0 saturated carbocycles. The molecular weight excluding hydrogens is 364 g/mol. The van der Waals surface area contributed by atoms with Crippen LogP contribution in [-0.4, -0.2) is 12.3 Å². The molecule has 0 aromatic heterocycles. The van der Waals surface area contributed by atoms with Gasteiger partial charge in [-0.2, -0.15) is 0 Å². The summed E-state index contributed by atoms with van der Waals surface area (Å²) in [5, 5.41) is 5.55. The molecule has 0 radical (unpaired) electrons. The summed E-state index contributed by atoms with van der Waals surface area (Å²) in [6.07, 6.45) is -0.472. The van der Waals surface area contributed by atoms with Crippen molar-refractivity contribution < 1.29 is 14.3 Å². The minimum absolute atomic E-state index is 0.340. The van der Waals surface area contributed by atoms with Gasteiger partial charge in [0.05, 0.1) is 0 Å². The predicted molar refractivity (Wildman–Crippen MR) is 116 cm³/mol. The number of ether oxygens (including phenoxy) is 2. The van der Waals surface area contributed by atoms with Crippen LogP contribution < -0.4 is 20.1 Å². The van der Waals surface area contributed by atoms with Crippen LogP contribution >= 0.6 is 0 Å². The van der Waals surface area contributed by atoms with E-state index in [4.69, 9.17) is 9.47 Å². The highest BCUT2D eigenvalue weighted by Gasteiger charge is 2.09. The summed E-state index contributed by atoms with van der Waals surface area (Å²) in [6.45, 7) is 6.07. The van der Waals surface area contributed by atoms with Gasteiger partial charge in [0.15, 0.2) is 6.23 Å². The van der Waals surface area contributed by atoms with Crippen LogP contribution in [0.4, 0.5) is 10.5 Å². The first-order valence-corrected chi connectivity index (χ1v) is 9.67. The number of benzene rings is 3. The Balaban J connectivity index is 1.48. The van der Waals surface area contributed by atoms with Crippen LogP contribution in [0.15, 0.2) is 78.9 Å². The largest absolute Gasteiger partial charge is 0.471 e. The lowest BCUT2D eigenvalue weighted by Crippen LogP contribution is -2.39. The number of amides is 2. The number of hydrogen-bond donors (Lipinski definition) is 2. The van der Waals surface area contributed by atoms with Crippen LogP contribution in [0.3, 0.4) is 0 Å². The van der Waals surface area contributed by atoms with Crippen LogP contribution in [-0.2, 0) is 0 Å². The minimum Gasteiger partial charge on any atom is -0.471 e. The van der Waals surface area contributed by atoms with Crippen molar-refractivity contribution in [2.24, 2.45) is 0 Å². The predicted octanol–water partition coefficient (Wildman–Crippen LogP) is 6.15. The fourth-order valence-electron chi connectivity index (χ4n) is 2.75. The van der Waals surface area contributed by atoms with Gasteiger partial charge in [0.1, 0.15) is 17.2 Å². The van der Waals surface area contributed by atoms with Gasteiger partial charge in [-0.05, 0) is 66.9 Å². The van der Waals surface area contributed by atoms with Gasteiger partial charge < -0.3 is 20.1 Å². The molecule has 0 bridgehead atoms. The third-order valence-electron chi connectivity index (χ3n) is 4.29. The summed E-state index contributed by atoms with van der Waals surface area (Å²) >= 11 is 0. The van der Waals surface area contributed by atoms with E-state index in [-0.39, 0.29) is 6.03 Å². The van der Waals surface area contributed by atoms with Crippen LogP contribution in [0.25, 0.3) is 0 Å². The molecule has 29 heavy (non-hydrogen) atoms. The van der Waals surface area contributed by atoms with Crippen molar-refractivity contribution in [1.82, 2.24) is 5.32 Å². The number of nitrogens with one attached hydrogen (secondary N) is 2. The Labute approximate surface area is 171 Å². The standard InChI is InChI=1S/C24H26N2O3/c1-17(2)19-9-13-22(14-10-19)28-18(3)25-24(27)26-20-11-15-23(16-12-20)29-21-7-5-4-6-8-21/h4-18H,1-3H3,(H2,25,26,27). The molecule has 2 N–H and O–H groups in total. The zero-order valence-corrected chi connectivity index (χ0v) is 16.9. The lowest BCUT2D eigenvalue weighted by atomic mass is 10.0. The molecular formula is C24H26N2O3. The van der Waals surface area contributed by atoms with Crippen molar-refractivity contribution >= 4 is 11.7 Å². The average Bonchev–Trinajstić information content (AvgIpc) is 2.70. The number of hydrogen-bond acceptors (Lipinski definition) is 3. The van der Waals surface area contributed by atoms with Crippen LogP contribution in [0.2, 0.25) is 0 Å². The maximum Gasteiger partial charge on any atom is 0.322 e. The lowest BCUT2D eigenvalue weighted by Gasteiger charge is -2.17. The van der Waals surface area contributed by atoms with E-state index in [0.29, 0.717) is 23.1 Å². The van der Waals surface area contributed by atoms with E-state index in [1.807, 2.05) is 54.6 Å². The highest BCUT2D eigenvalue weighted by atomic mass is 16.5. The average molecular weight is 390 g/mol. The Kier molecular flexibility index (Phi) is 6.74. The highest BCUT2D eigenvalue weighted by Crippen LogP contribution is 2.23. The van der Waals surface area contributed by atoms with E-state index >= 15 is 0 Å². The zero-order chi connectivity index (χ0) is 20.6. The van der Waals surface area contributed by atoms with Crippen molar-refractivity contribution in [2.75, 3.05) is 5.32 Å². The van der Waals surface area contributed by atoms with Crippen molar-refractivity contribution in [1.29, 1.82) is 0 Å². The zero-order valence-electron chi connectivity index (χ0n) is 16.9. The summed E-state index contributed by atoms with van der Waals surface area (Å²) in [5.41, 5.74) is 1.91. The molecule has 5 heteroatoms. The molecule has 0 aliphatic heterocycles. The first kappa shape index (κ1) is 20.3. The van der Waals surface area contributed by atoms with Crippen molar-refractivity contribution in [3.05, 3.63) is 84.4 Å². The van der Waals surface area contributed by atoms with E-state index < -0.39 is 6.23 Å². The fourth-order valence-corrected chi connectivity index (χ4v) is 2.75. The molecule has 2 amide bonds. The van der Waals surface area contributed by atoms with Gasteiger partial charge in [-0.25, -0.2) is 4.79 Å². The topological polar surface area (TPSA) is 59.6 Å². The molecule has 3 aromatic rings. The van der Waals surface area contributed by atoms with E-state index in [1.54, 1.807) is 31.2 Å². The second-order valence-electron chi connectivity index (χ2n) is 7.02. The van der Waals surface area contributed by atoms with Crippen LogP contribution in [0, 0.1) is 0 Å². The molecule has 0 saturated heterocycles. The Morgan fingerprint density at radius 1 is 0.759 bits per heavy atom. The number of urea groups is 1. The van der Waals surface area contributed by atoms with Crippen molar-refractivity contribution in [3.63, 3.8) is 0 Å². The molecule has 1 unspecified atom stereocenters. The number of anilines is 1. The Hall–Kier alpha value is -3.47. The quantitative estimate of drug-likeness (QED) is 0.476. The monoisotopic (exact) mass is 390 g/mol. The second-order valence-corrected chi connectivity index (χ2v) is 7.02. The van der Waals surface area contributed by atoms with Crippen LogP contribution in [0.5, 0.6) is 17.2 Å². The number of carbonyl (C=O) groups is 1. The van der Waals surface area contributed by atoms with Crippen LogP contribution in [0.1, 0.15) is 32.3 Å². The van der Waals surface area contributed by atoms with Gasteiger partial charge in [0.25, 0.3) is 0 Å². The molecule has 0 spiro atoms. The molecule has 0 aliphatic carbocycles. The van der Waals surface area contributed by atoms with E-state index in [0.717, 1.165) is 5.75 Å². The Morgan fingerprint density at radius 2 is 1.34 bits per heavy atom. The van der Waals surface area contributed by atoms with E-state index in [9.17, 15) is 4.79 Å². The number of carbonyl (C=O) groups excluding carboxylic acids is 1. The number of rotatable bonds is 7. The second kappa shape index (κ2) is 9.64. The smallest absolute Gasteiger partial charge is 0.322 e. The fraction of sp³-hybridized carbons (Fsp3) is 0.208. The third kappa shape index (κ3) is 6.28. The van der Waals surface area contributed by atoms with Gasteiger partial charge in [-0.15, -0.1) is 0 Å². The summed E-state index contributed by atoms with van der Waals surface area (Å²) in [4.78, 5) is 12.2. The van der Waals surface area contributed by atoms with Crippen molar-refractivity contribution in [3.8, 4) is 17.2 Å². The Morgan fingerprint density at radius 3 is 1.97 bits per heavy atom. The SMILES string of the molecule is CC(NC(=O)Nc1ccc(Oc2ccccc2)cc1)Oc1ccc(C(C)C)cc1. The number of para-hydroxylation sites is 1. The molecule has 0 fully saturated rings. The van der Waals surface area contributed by atoms with Gasteiger partial charge in [-0.1, -0.05) is 44.2 Å². The molecule has 5 nitrogen and oxygen atoms in total. The Bertz CT molecular complexity index is 907. The molecule has 3 aromatic carbocycles. The van der Waals surface area contributed by atoms with E-state index in [2.05, 4.69) is 24.5 Å². The first-order chi connectivity index (χ1) is 14.0. The maximum absolute atomic E-state index is 12.2. The molecule has 150 valence electrons. The summed E-state index contributed by atoms with van der Waals surface area (Å²) in [6, 6.07) is 24.3. The summed E-state index contributed by atoms with van der Waals surface area (Å²) in [5.74, 6) is 2.64. The van der Waals surface area contributed by atoms with Gasteiger partial charge >= 0.3 is 6.03 Å². The minimum atomic E-state index is -0.472. The first-order valence-electron chi connectivity index (χ1n) is 9.67. The maximum atomic E-state index is 12.2. The summed E-state index contributed by atoms with van der Waals surface area (Å²) in [7, 11) is 0. The molecule has 3 rings (SSSR count). The van der Waals surface area contributed by atoms with Gasteiger partial charge in [-0.3, -0.25) is 0 Å². The van der Waals surface area contributed by atoms with E-state index in [1.165, 1.54) is 5.56 Å². The molecule has 1 atom stereocenters. The highest BCUT2D eigenvalue weighted by molar-refractivity contribution is 5.89. The molecule has 0 heterocycles. The lowest BCUT2D eigenvalue weighted by molar-refractivity contribution is 0.183. The summed E-state index contributed by atoms with van der Waals surface area (Å²) < 4.78 is 11.5. The normalized spacial score (nSPS) is 11.6.